The highest BCUT2D eigenvalue weighted by Gasteiger charge is 2.17. The van der Waals surface area contributed by atoms with E-state index in [1.807, 2.05) is 26.0 Å². The maximum absolute atomic E-state index is 9.86. The molecule has 2 nitrogen and oxygen atoms in total. The molecule has 1 rings (SSSR count). The molecule has 3 heteroatoms. The van der Waals surface area contributed by atoms with E-state index in [-0.39, 0.29) is 5.92 Å². The van der Waals surface area contributed by atoms with Crippen molar-refractivity contribution in [2.75, 3.05) is 13.7 Å². The minimum Gasteiger partial charge on any atom is -0.387 e. The Labute approximate surface area is 83.2 Å². The molecule has 0 fully saturated rings. The van der Waals surface area contributed by atoms with Crippen molar-refractivity contribution in [3.05, 3.63) is 21.9 Å². The van der Waals surface area contributed by atoms with E-state index in [0.717, 1.165) is 4.88 Å². The SMILES string of the molecule is COCC(C)C(O)c1ccc(C)s1. The standard InChI is InChI=1S/C10H16O2S/c1-7(6-12-3)10(11)9-5-4-8(2)13-9/h4-5,7,10-11H,6H2,1-3H3. The Hall–Kier alpha value is -0.380. The molecular weight excluding hydrogens is 184 g/mol. The Balaban J connectivity index is 2.61. The molecule has 0 spiro atoms. The van der Waals surface area contributed by atoms with Crippen LogP contribution in [0.15, 0.2) is 12.1 Å². The van der Waals surface area contributed by atoms with Gasteiger partial charge in [0.25, 0.3) is 0 Å². The molecule has 1 N–H and O–H groups in total. The third kappa shape index (κ3) is 2.79. The molecule has 0 saturated heterocycles. The minimum absolute atomic E-state index is 0.156. The van der Waals surface area contributed by atoms with Crippen LogP contribution in [0.3, 0.4) is 0 Å². The molecule has 1 heterocycles. The Bertz CT molecular complexity index is 257. The number of aliphatic hydroxyl groups is 1. The van der Waals surface area contributed by atoms with Crippen molar-refractivity contribution >= 4 is 11.3 Å². The summed E-state index contributed by atoms with van der Waals surface area (Å²) in [5, 5.41) is 9.86. The summed E-state index contributed by atoms with van der Waals surface area (Å²) in [7, 11) is 1.66. The molecule has 0 radical (unpaired) electrons. The topological polar surface area (TPSA) is 29.5 Å². The maximum Gasteiger partial charge on any atom is 0.0929 e. The number of hydrogen-bond acceptors (Lipinski definition) is 3. The Morgan fingerprint density at radius 3 is 2.69 bits per heavy atom. The number of aliphatic hydroxyl groups excluding tert-OH is 1. The Morgan fingerprint density at radius 2 is 2.23 bits per heavy atom. The van der Waals surface area contributed by atoms with Crippen molar-refractivity contribution in [3.63, 3.8) is 0 Å². The molecule has 2 atom stereocenters. The molecule has 1 aromatic heterocycles. The predicted octanol–water partition coefficient (Wildman–Crippen LogP) is 2.37. The van der Waals surface area contributed by atoms with E-state index >= 15 is 0 Å². The average Bonchev–Trinajstić information content (AvgIpc) is 2.51. The monoisotopic (exact) mass is 200 g/mol. The van der Waals surface area contributed by atoms with Gasteiger partial charge in [0.2, 0.25) is 0 Å². The average molecular weight is 200 g/mol. The molecule has 74 valence electrons. The summed E-state index contributed by atoms with van der Waals surface area (Å²) in [6.07, 6.45) is -0.390. The first-order valence-corrected chi connectivity index (χ1v) is 5.20. The van der Waals surface area contributed by atoms with Gasteiger partial charge in [0.15, 0.2) is 0 Å². The molecule has 1 aromatic rings. The lowest BCUT2D eigenvalue weighted by Gasteiger charge is -2.16. The number of thiophene rings is 1. The number of hydrogen-bond donors (Lipinski definition) is 1. The zero-order valence-electron chi connectivity index (χ0n) is 8.28. The van der Waals surface area contributed by atoms with Crippen molar-refractivity contribution in [3.8, 4) is 0 Å². The van der Waals surface area contributed by atoms with E-state index in [1.54, 1.807) is 18.4 Å². The third-order valence-corrected chi connectivity index (χ3v) is 3.09. The second-order valence-electron chi connectivity index (χ2n) is 3.33. The van der Waals surface area contributed by atoms with Crippen LogP contribution in [0.25, 0.3) is 0 Å². The first kappa shape index (κ1) is 10.7. The van der Waals surface area contributed by atoms with Crippen LogP contribution in [0.1, 0.15) is 22.8 Å². The van der Waals surface area contributed by atoms with Crippen molar-refractivity contribution in [1.29, 1.82) is 0 Å². The van der Waals surface area contributed by atoms with Crippen molar-refractivity contribution < 1.29 is 9.84 Å². The summed E-state index contributed by atoms with van der Waals surface area (Å²) in [6, 6.07) is 4.01. The van der Waals surface area contributed by atoms with Crippen molar-refractivity contribution in [2.45, 2.75) is 20.0 Å². The van der Waals surface area contributed by atoms with Crippen LogP contribution in [-0.2, 0) is 4.74 Å². The summed E-state index contributed by atoms with van der Waals surface area (Å²) >= 11 is 1.64. The summed E-state index contributed by atoms with van der Waals surface area (Å²) in [4.78, 5) is 2.26. The van der Waals surface area contributed by atoms with E-state index in [1.165, 1.54) is 4.88 Å². The lowest BCUT2D eigenvalue weighted by atomic mass is 10.1. The predicted molar refractivity (Wildman–Crippen MR) is 55.1 cm³/mol. The highest BCUT2D eigenvalue weighted by atomic mass is 32.1. The molecule has 13 heavy (non-hydrogen) atoms. The Kier molecular flexibility index (Phi) is 3.90. The lowest BCUT2D eigenvalue weighted by molar-refractivity contribution is 0.0588. The van der Waals surface area contributed by atoms with Gasteiger partial charge in [-0.2, -0.15) is 0 Å². The van der Waals surface area contributed by atoms with Crippen LogP contribution in [-0.4, -0.2) is 18.8 Å². The van der Waals surface area contributed by atoms with E-state index in [0.29, 0.717) is 6.61 Å². The highest BCUT2D eigenvalue weighted by molar-refractivity contribution is 7.12. The zero-order valence-corrected chi connectivity index (χ0v) is 9.10. The van der Waals surface area contributed by atoms with E-state index in [4.69, 9.17) is 4.74 Å². The molecule has 0 aromatic carbocycles. The first-order chi connectivity index (χ1) is 6.15. The summed E-state index contributed by atoms with van der Waals surface area (Å²) in [5.41, 5.74) is 0. The fourth-order valence-electron chi connectivity index (χ4n) is 1.25. The van der Waals surface area contributed by atoms with Gasteiger partial charge in [0.1, 0.15) is 0 Å². The van der Waals surface area contributed by atoms with Gasteiger partial charge in [-0.15, -0.1) is 11.3 Å². The Morgan fingerprint density at radius 1 is 1.54 bits per heavy atom. The van der Waals surface area contributed by atoms with Crippen LogP contribution in [0, 0.1) is 12.8 Å². The molecule has 0 bridgehead atoms. The molecule has 2 unspecified atom stereocenters. The van der Waals surface area contributed by atoms with Gasteiger partial charge in [-0.25, -0.2) is 0 Å². The quantitative estimate of drug-likeness (QED) is 0.808. The molecule has 0 aliphatic carbocycles. The normalized spacial score (nSPS) is 15.7. The third-order valence-electron chi connectivity index (χ3n) is 2.02. The maximum atomic E-state index is 9.86. The number of aryl methyl sites for hydroxylation is 1. The van der Waals surface area contributed by atoms with Gasteiger partial charge < -0.3 is 9.84 Å². The smallest absolute Gasteiger partial charge is 0.0929 e. The number of rotatable bonds is 4. The van der Waals surface area contributed by atoms with Gasteiger partial charge >= 0.3 is 0 Å². The van der Waals surface area contributed by atoms with Gasteiger partial charge in [0.05, 0.1) is 12.7 Å². The summed E-state index contributed by atoms with van der Waals surface area (Å²) in [6.45, 7) is 4.63. The number of ether oxygens (including phenoxy) is 1. The van der Waals surface area contributed by atoms with Crippen LogP contribution in [0.5, 0.6) is 0 Å². The fraction of sp³-hybridized carbons (Fsp3) is 0.600. The molecular formula is C10H16O2S. The van der Waals surface area contributed by atoms with E-state index in [9.17, 15) is 5.11 Å². The zero-order chi connectivity index (χ0) is 9.84. The van der Waals surface area contributed by atoms with E-state index < -0.39 is 6.10 Å². The minimum atomic E-state index is -0.390. The van der Waals surface area contributed by atoms with Crippen LogP contribution in [0.4, 0.5) is 0 Å². The van der Waals surface area contributed by atoms with Crippen molar-refractivity contribution in [2.24, 2.45) is 5.92 Å². The van der Waals surface area contributed by atoms with Crippen LogP contribution in [0.2, 0.25) is 0 Å². The molecule has 0 amide bonds. The van der Waals surface area contributed by atoms with Crippen LogP contribution < -0.4 is 0 Å². The summed E-state index contributed by atoms with van der Waals surface area (Å²) < 4.78 is 5.00. The van der Waals surface area contributed by atoms with Gasteiger partial charge in [-0.05, 0) is 19.1 Å². The lowest BCUT2D eigenvalue weighted by Crippen LogP contribution is -2.13. The fourth-order valence-corrected chi connectivity index (χ4v) is 2.24. The van der Waals surface area contributed by atoms with Crippen molar-refractivity contribution in [1.82, 2.24) is 0 Å². The van der Waals surface area contributed by atoms with E-state index in [2.05, 4.69) is 0 Å². The summed E-state index contributed by atoms with van der Waals surface area (Å²) in [5.74, 6) is 0.156. The van der Waals surface area contributed by atoms with Crippen LogP contribution >= 0.6 is 11.3 Å². The first-order valence-electron chi connectivity index (χ1n) is 4.38. The molecule has 0 saturated carbocycles. The molecule has 0 aliphatic rings. The second-order valence-corrected chi connectivity index (χ2v) is 4.65. The second kappa shape index (κ2) is 4.74. The van der Waals surface area contributed by atoms with Gasteiger partial charge in [-0.1, -0.05) is 6.92 Å². The van der Waals surface area contributed by atoms with Gasteiger partial charge in [0, 0.05) is 22.8 Å². The molecule has 0 aliphatic heterocycles. The number of methoxy groups -OCH3 is 1. The largest absolute Gasteiger partial charge is 0.387 e. The van der Waals surface area contributed by atoms with Gasteiger partial charge in [-0.3, -0.25) is 0 Å². The highest BCUT2D eigenvalue weighted by Crippen LogP contribution is 2.28.